The van der Waals surface area contributed by atoms with Crippen molar-refractivity contribution in [2.75, 3.05) is 19.6 Å². The Bertz CT molecular complexity index is 372. The van der Waals surface area contributed by atoms with E-state index in [0.717, 1.165) is 0 Å². The summed E-state index contributed by atoms with van der Waals surface area (Å²) in [7, 11) is 0. The van der Waals surface area contributed by atoms with E-state index in [1.54, 1.807) is 0 Å². The van der Waals surface area contributed by atoms with Gasteiger partial charge >= 0.3 is 0 Å². The molecule has 1 saturated heterocycles. The Balaban J connectivity index is 2.18. The van der Waals surface area contributed by atoms with E-state index in [1.807, 2.05) is 0 Å². The number of hydrogen-bond acceptors (Lipinski definition) is 2. The van der Waals surface area contributed by atoms with Gasteiger partial charge in [0.05, 0.1) is 0 Å². The van der Waals surface area contributed by atoms with Gasteiger partial charge in [-0.05, 0) is 50.0 Å². The van der Waals surface area contributed by atoms with Crippen molar-refractivity contribution in [1.29, 1.82) is 0 Å². The predicted molar refractivity (Wildman–Crippen MR) is 76.1 cm³/mol. The lowest BCUT2D eigenvalue weighted by molar-refractivity contribution is 0.167. The summed E-state index contributed by atoms with van der Waals surface area (Å²) in [4.78, 5) is 2.53. The number of benzene rings is 1. The van der Waals surface area contributed by atoms with E-state index in [-0.39, 0.29) is 0 Å². The zero-order chi connectivity index (χ0) is 12.3. The van der Waals surface area contributed by atoms with Crippen LogP contribution in [0, 0.1) is 6.92 Å². The Kier molecular flexibility index (Phi) is 4.60. The lowest BCUT2D eigenvalue weighted by Gasteiger charge is -2.34. The van der Waals surface area contributed by atoms with Crippen molar-refractivity contribution in [2.45, 2.75) is 32.2 Å². The molecule has 0 amide bonds. The molecule has 2 N–H and O–H groups in total. The van der Waals surface area contributed by atoms with E-state index in [4.69, 9.17) is 5.73 Å². The van der Waals surface area contributed by atoms with Gasteiger partial charge in [0.15, 0.2) is 0 Å². The number of halogens is 1. The summed E-state index contributed by atoms with van der Waals surface area (Å²) in [5, 5.41) is 0. The third-order valence-corrected chi connectivity index (χ3v) is 4.49. The summed E-state index contributed by atoms with van der Waals surface area (Å²) in [5.74, 6) is 0. The Morgan fingerprint density at radius 2 is 2.00 bits per heavy atom. The third kappa shape index (κ3) is 3.09. The molecule has 2 nitrogen and oxygen atoms in total. The zero-order valence-corrected chi connectivity index (χ0v) is 12.0. The first-order chi connectivity index (χ1) is 8.22. The smallest absolute Gasteiger partial charge is 0.0470 e. The van der Waals surface area contributed by atoms with Gasteiger partial charge in [0, 0.05) is 17.1 Å². The Morgan fingerprint density at radius 3 is 2.59 bits per heavy atom. The first kappa shape index (κ1) is 13.1. The molecule has 1 fully saturated rings. The van der Waals surface area contributed by atoms with E-state index < -0.39 is 0 Å². The van der Waals surface area contributed by atoms with E-state index >= 15 is 0 Å². The second kappa shape index (κ2) is 5.98. The summed E-state index contributed by atoms with van der Waals surface area (Å²) in [6.07, 6.45) is 3.98. The minimum absolute atomic E-state index is 0.382. The molecule has 1 aromatic rings. The first-order valence-corrected chi connectivity index (χ1v) is 7.22. The van der Waals surface area contributed by atoms with E-state index in [9.17, 15) is 0 Å². The molecule has 3 heteroatoms. The van der Waals surface area contributed by atoms with Crippen LogP contribution in [0.2, 0.25) is 0 Å². The molecule has 0 saturated carbocycles. The average Bonchev–Trinajstić information content (AvgIpc) is 2.36. The molecule has 17 heavy (non-hydrogen) atoms. The molecule has 1 unspecified atom stereocenters. The Hall–Kier alpha value is -0.380. The maximum atomic E-state index is 5.97. The van der Waals surface area contributed by atoms with Crippen molar-refractivity contribution in [3.63, 3.8) is 0 Å². The van der Waals surface area contributed by atoms with Crippen LogP contribution in [0.1, 0.15) is 36.4 Å². The molecular formula is C14H21BrN2. The van der Waals surface area contributed by atoms with Crippen LogP contribution in [0.4, 0.5) is 0 Å². The van der Waals surface area contributed by atoms with Crippen molar-refractivity contribution in [2.24, 2.45) is 5.73 Å². The quantitative estimate of drug-likeness (QED) is 0.928. The highest BCUT2D eigenvalue weighted by atomic mass is 79.9. The van der Waals surface area contributed by atoms with Crippen LogP contribution >= 0.6 is 15.9 Å². The molecule has 1 atom stereocenters. The maximum Gasteiger partial charge on any atom is 0.0470 e. The zero-order valence-electron chi connectivity index (χ0n) is 10.5. The van der Waals surface area contributed by atoms with E-state index in [2.05, 4.69) is 46.0 Å². The lowest BCUT2D eigenvalue weighted by atomic mass is 10.0. The van der Waals surface area contributed by atoms with Gasteiger partial charge in [0.2, 0.25) is 0 Å². The molecular weight excluding hydrogens is 276 g/mol. The van der Waals surface area contributed by atoms with Gasteiger partial charge in [0.1, 0.15) is 0 Å². The molecule has 0 bridgehead atoms. The van der Waals surface area contributed by atoms with Gasteiger partial charge in [-0.15, -0.1) is 0 Å². The fourth-order valence-corrected chi connectivity index (χ4v) is 2.94. The lowest BCUT2D eigenvalue weighted by Crippen LogP contribution is -2.37. The molecule has 1 aliphatic rings. The number of nitrogens with two attached hydrogens (primary N) is 1. The standard InChI is InChI=1S/C14H21BrN2/c1-11-5-6-12(9-13(11)15)14(10-16)17-7-3-2-4-8-17/h5-6,9,14H,2-4,7-8,10,16H2,1H3. The molecule has 94 valence electrons. The summed E-state index contributed by atoms with van der Waals surface area (Å²) in [6.45, 7) is 5.20. The highest BCUT2D eigenvalue weighted by molar-refractivity contribution is 9.10. The SMILES string of the molecule is Cc1ccc(C(CN)N2CCCCC2)cc1Br. The van der Waals surface area contributed by atoms with Gasteiger partial charge in [-0.1, -0.05) is 34.5 Å². The summed E-state index contributed by atoms with van der Waals surface area (Å²) in [5.41, 5.74) is 8.59. The van der Waals surface area contributed by atoms with Crippen LogP contribution < -0.4 is 5.73 Å². The molecule has 0 aromatic heterocycles. The van der Waals surface area contributed by atoms with Gasteiger partial charge in [0.25, 0.3) is 0 Å². The fourth-order valence-electron chi connectivity index (χ4n) is 2.54. The average molecular weight is 297 g/mol. The highest BCUT2D eigenvalue weighted by Crippen LogP contribution is 2.27. The fraction of sp³-hybridized carbons (Fsp3) is 0.571. The normalized spacial score (nSPS) is 19.2. The van der Waals surface area contributed by atoms with Crippen molar-refractivity contribution < 1.29 is 0 Å². The van der Waals surface area contributed by atoms with E-state index in [1.165, 1.54) is 48.0 Å². The van der Waals surface area contributed by atoms with Gasteiger partial charge in [-0.2, -0.15) is 0 Å². The minimum atomic E-state index is 0.382. The third-order valence-electron chi connectivity index (χ3n) is 3.64. The van der Waals surface area contributed by atoms with Crippen molar-refractivity contribution >= 4 is 15.9 Å². The largest absolute Gasteiger partial charge is 0.329 e. The highest BCUT2D eigenvalue weighted by Gasteiger charge is 2.21. The van der Waals surface area contributed by atoms with Gasteiger partial charge in [-0.25, -0.2) is 0 Å². The van der Waals surface area contributed by atoms with E-state index in [0.29, 0.717) is 12.6 Å². The monoisotopic (exact) mass is 296 g/mol. The molecule has 1 aromatic carbocycles. The molecule has 2 rings (SSSR count). The van der Waals surface area contributed by atoms with Crippen LogP contribution in [-0.2, 0) is 0 Å². The summed E-state index contributed by atoms with van der Waals surface area (Å²) < 4.78 is 1.19. The molecule has 0 aliphatic carbocycles. The Morgan fingerprint density at radius 1 is 1.29 bits per heavy atom. The summed E-state index contributed by atoms with van der Waals surface area (Å²) in [6, 6.07) is 6.99. The minimum Gasteiger partial charge on any atom is -0.329 e. The summed E-state index contributed by atoms with van der Waals surface area (Å²) >= 11 is 3.61. The second-order valence-electron chi connectivity index (χ2n) is 4.86. The topological polar surface area (TPSA) is 29.3 Å². The van der Waals surface area contributed by atoms with Crippen LogP contribution in [0.5, 0.6) is 0 Å². The van der Waals surface area contributed by atoms with Crippen LogP contribution in [0.3, 0.4) is 0 Å². The number of nitrogens with zero attached hydrogens (tertiary/aromatic N) is 1. The second-order valence-corrected chi connectivity index (χ2v) is 5.71. The predicted octanol–water partition coefficient (Wildman–Crippen LogP) is 3.24. The van der Waals surface area contributed by atoms with Crippen LogP contribution in [0.25, 0.3) is 0 Å². The van der Waals surface area contributed by atoms with Gasteiger partial charge < -0.3 is 5.73 Å². The maximum absolute atomic E-state index is 5.97. The van der Waals surface area contributed by atoms with Gasteiger partial charge in [-0.3, -0.25) is 4.90 Å². The Labute approximate surface area is 112 Å². The molecule has 1 heterocycles. The number of aryl methyl sites for hydroxylation is 1. The number of hydrogen-bond donors (Lipinski definition) is 1. The number of rotatable bonds is 3. The van der Waals surface area contributed by atoms with Crippen LogP contribution in [0.15, 0.2) is 22.7 Å². The van der Waals surface area contributed by atoms with Crippen molar-refractivity contribution in [3.8, 4) is 0 Å². The molecule has 1 aliphatic heterocycles. The first-order valence-electron chi connectivity index (χ1n) is 6.42. The van der Waals surface area contributed by atoms with Crippen molar-refractivity contribution in [1.82, 2.24) is 4.90 Å². The number of piperidine rings is 1. The van der Waals surface area contributed by atoms with Crippen molar-refractivity contribution in [3.05, 3.63) is 33.8 Å². The molecule has 0 spiro atoms. The molecule has 0 radical (unpaired) electrons. The number of likely N-dealkylation sites (tertiary alicyclic amines) is 1. The van der Waals surface area contributed by atoms with Crippen LogP contribution in [-0.4, -0.2) is 24.5 Å².